The van der Waals surface area contributed by atoms with Crippen molar-refractivity contribution in [3.8, 4) is 6.07 Å². The molecule has 1 fully saturated rings. The van der Waals surface area contributed by atoms with Crippen LogP contribution in [0.4, 0.5) is 0 Å². The van der Waals surface area contributed by atoms with Gasteiger partial charge < -0.3 is 5.11 Å². The minimum Gasteiger partial charge on any atom is -0.480 e. The van der Waals surface area contributed by atoms with Gasteiger partial charge in [0.1, 0.15) is 5.25 Å². The zero-order valence-corrected chi connectivity index (χ0v) is 11.4. The summed E-state index contributed by atoms with van der Waals surface area (Å²) in [6, 6.07) is 7.84. The van der Waals surface area contributed by atoms with Crippen LogP contribution in [0.1, 0.15) is 11.5 Å². The van der Waals surface area contributed by atoms with E-state index in [-0.39, 0.29) is 0 Å². The van der Waals surface area contributed by atoms with E-state index in [0.717, 1.165) is 6.26 Å². The smallest absolute Gasteiger partial charge is 0.326 e. The molecule has 1 aromatic carbocycles. The van der Waals surface area contributed by atoms with Crippen molar-refractivity contribution in [3.63, 3.8) is 0 Å². The Labute approximate surface area is 115 Å². The van der Waals surface area contributed by atoms with E-state index in [4.69, 9.17) is 16.9 Å². The van der Waals surface area contributed by atoms with E-state index >= 15 is 0 Å². The topological polar surface area (TPSA) is 95.2 Å². The summed E-state index contributed by atoms with van der Waals surface area (Å²) in [6.45, 7) is 0. The number of rotatable bonds is 3. The highest BCUT2D eigenvalue weighted by Crippen LogP contribution is 2.62. The van der Waals surface area contributed by atoms with E-state index in [0.29, 0.717) is 10.6 Å². The average molecular weight is 300 g/mol. The van der Waals surface area contributed by atoms with Crippen LogP contribution in [-0.2, 0) is 14.6 Å². The number of carboxylic acids is 1. The van der Waals surface area contributed by atoms with Gasteiger partial charge in [0.05, 0.1) is 6.07 Å². The molecule has 3 atom stereocenters. The Morgan fingerprint density at radius 2 is 1.95 bits per heavy atom. The molecular formula is C12H10ClNO4S. The van der Waals surface area contributed by atoms with E-state index < -0.39 is 32.4 Å². The summed E-state index contributed by atoms with van der Waals surface area (Å²) < 4.78 is 23.4. The van der Waals surface area contributed by atoms with E-state index in [2.05, 4.69) is 0 Å². The molecule has 5 nitrogen and oxygen atoms in total. The molecule has 19 heavy (non-hydrogen) atoms. The van der Waals surface area contributed by atoms with Crippen LogP contribution in [0.3, 0.4) is 0 Å². The Hall–Kier alpha value is -1.58. The summed E-state index contributed by atoms with van der Waals surface area (Å²) in [5.41, 5.74) is -1.41. The molecule has 7 heteroatoms. The Balaban J connectivity index is 2.54. The molecule has 0 radical (unpaired) electrons. The number of halogens is 1. The van der Waals surface area contributed by atoms with Crippen molar-refractivity contribution >= 4 is 27.4 Å². The zero-order chi connectivity index (χ0) is 14.4. The Kier molecular flexibility index (Phi) is 3.07. The van der Waals surface area contributed by atoms with Crippen molar-refractivity contribution in [1.29, 1.82) is 5.26 Å². The zero-order valence-electron chi connectivity index (χ0n) is 9.87. The highest BCUT2D eigenvalue weighted by Gasteiger charge is 2.76. The average Bonchev–Trinajstić information content (AvgIpc) is 3.00. The third-order valence-corrected chi connectivity index (χ3v) is 5.18. The van der Waals surface area contributed by atoms with Gasteiger partial charge in [0.25, 0.3) is 0 Å². The maximum Gasteiger partial charge on any atom is 0.326 e. The van der Waals surface area contributed by atoms with Crippen LogP contribution in [-0.4, -0.2) is 31.0 Å². The monoisotopic (exact) mass is 299 g/mol. The van der Waals surface area contributed by atoms with Crippen molar-refractivity contribution in [2.24, 2.45) is 5.41 Å². The number of aliphatic carboxylic acids is 1. The second-order valence-electron chi connectivity index (χ2n) is 4.57. The normalized spacial score (nSPS) is 29.5. The molecule has 2 rings (SSSR count). The molecule has 1 aliphatic carbocycles. The van der Waals surface area contributed by atoms with E-state index in [9.17, 15) is 18.3 Å². The van der Waals surface area contributed by atoms with Gasteiger partial charge in [-0.2, -0.15) is 5.26 Å². The number of hydrogen-bond donors (Lipinski definition) is 1. The van der Waals surface area contributed by atoms with Crippen LogP contribution in [0, 0.1) is 16.7 Å². The second kappa shape index (κ2) is 4.22. The summed E-state index contributed by atoms with van der Waals surface area (Å²) in [7, 11) is -3.64. The highest BCUT2D eigenvalue weighted by molar-refractivity contribution is 7.91. The van der Waals surface area contributed by atoms with Gasteiger partial charge in [-0.1, -0.05) is 23.7 Å². The first kappa shape index (κ1) is 13.8. The Bertz CT molecular complexity index is 677. The van der Waals surface area contributed by atoms with E-state index in [1.165, 1.54) is 0 Å². The van der Waals surface area contributed by atoms with Crippen molar-refractivity contribution < 1.29 is 18.3 Å². The fourth-order valence-corrected chi connectivity index (χ4v) is 4.37. The summed E-state index contributed by atoms with van der Waals surface area (Å²) in [5, 5.41) is 17.6. The fourth-order valence-electron chi connectivity index (χ4n) is 2.48. The van der Waals surface area contributed by atoms with Crippen molar-refractivity contribution in [2.45, 2.75) is 11.2 Å². The predicted molar refractivity (Wildman–Crippen MR) is 68.5 cm³/mol. The van der Waals surface area contributed by atoms with Gasteiger partial charge in [-0.05, 0) is 17.7 Å². The number of carboxylic acid groups (broad SMARTS) is 1. The molecule has 0 aromatic heterocycles. The van der Waals surface area contributed by atoms with Crippen LogP contribution in [0.25, 0.3) is 0 Å². The number of benzene rings is 1. The quantitative estimate of drug-likeness (QED) is 0.911. The summed E-state index contributed by atoms with van der Waals surface area (Å²) in [6.07, 6.45) is 0.947. The van der Waals surface area contributed by atoms with Gasteiger partial charge in [-0.15, -0.1) is 0 Å². The lowest BCUT2D eigenvalue weighted by atomic mass is 10.0. The molecule has 1 N–H and O–H groups in total. The number of nitriles is 1. The summed E-state index contributed by atoms with van der Waals surface area (Å²) >= 11 is 5.73. The minimum absolute atomic E-state index is 0.457. The number of hydrogen-bond acceptors (Lipinski definition) is 4. The van der Waals surface area contributed by atoms with Crippen LogP contribution in [0.2, 0.25) is 5.02 Å². The van der Waals surface area contributed by atoms with Gasteiger partial charge in [-0.3, -0.25) is 4.79 Å². The molecule has 100 valence electrons. The Morgan fingerprint density at radius 1 is 1.42 bits per heavy atom. The SMILES string of the molecule is CS(=O)(=O)C1C(c2ccc(Cl)cc2)C1(C#N)C(=O)O. The first-order valence-corrected chi connectivity index (χ1v) is 7.67. The number of sulfone groups is 1. The van der Waals surface area contributed by atoms with Gasteiger partial charge in [-0.25, -0.2) is 8.42 Å². The van der Waals surface area contributed by atoms with Crippen molar-refractivity contribution in [1.82, 2.24) is 0 Å². The third kappa shape index (κ3) is 1.99. The number of nitrogens with zero attached hydrogens (tertiary/aromatic N) is 1. The standard InChI is InChI=1S/C12H10ClNO4S/c1-19(17,18)10-9(12(10,6-14)11(15)16)7-2-4-8(13)5-3-7/h2-5,9-10H,1H3,(H,15,16). The van der Waals surface area contributed by atoms with Gasteiger partial charge in [0.2, 0.25) is 0 Å². The maximum atomic E-state index is 11.7. The second-order valence-corrected chi connectivity index (χ2v) is 7.17. The van der Waals surface area contributed by atoms with E-state index in [1.54, 1.807) is 30.3 Å². The van der Waals surface area contributed by atoms with Gasteiger partial charge in [0.15, 0.2) is 15.3 Å². The molecule has 0 heterocycles. The first-order chi connectivity index (χ1) is 8.75. The first-order valence-electron chi connectivity index (χ1n) is 5.34. The van der Waals surface area contributed by atoms with Gasteiger partial charge in [0, 0.05) is 17.2 Å². The maximum absolute atomic E-state index is 11.7. The lowest BCUT2D eigenvalue weighted by molar-refractivity contribution is -0.141. The molecule has 1 aliphatic rings. The van der Waals surface area contributed by atoms with Crippen LogP contribution in [0.5, 0.6) is 0 Å². The molecule has 1 saturated carbocycles. The van der Waals surface area contributed by atoms with Crippen LogP contribution < -0.4 is 0 Å². The minimum atomic E-state index is -3.64. The van der Waals surface area contributed by atoms with Crippen LogP contribution >= 0.6 is 11.6 Å². The molecule has 1 aromatic rings. The van der Waals surface area contributed by atoms with Gasteiger partial charge >= 0.3 is 5.97 Å². The highest BCUT2D eigenvalue weighted by atomic mass is 35.5. The van der Waals surface area contributed by atoms with E-state index in [1.807, 2.05) is 0 Å². The largest absolute Gasteiger partial charge is 0.480 e. The lowest BCUT2D eigenvalue weighted by Crippen LogP contribution is -2.21. The molecular weight excluding hydrogens is 290 g/mol. The predicted octanol–water partition coefficient (Wildman–Crippen LogP) is 1.44. The summed E-state index contributed by atoms with van der Waals surface area (Å²) in [4.78, 5) is 11.3. The summed E-state index contributed by atoms with van der Waals surface area (Å²) in [5.74, 6) is -2.27. The van der Waals surface area contributed by atoms with Crippen LogP contribution in [0.15, 0.2) is 24.3 Å². The molecule has 0 bridgehead atoms. The molecule has 3 unspecified atom stereocenters. The third-order valence-electron chi connectivity index (χ3n) is 3.36. The fraction of sp³-hybridized carbons (Fsp3) is 0.333. The molecule has 0 saturated heterocycles. The Morgan fingerprint density at radius 3 is 2.26 bits per heavy atom. The van der Waals surface area contributed by atoms with Crippen molar-refractivity contribution in [3.05, 3.63) is 34.9 Å². The van der Waals surface area contributed by atoms with Crippen molar-refractivity contribution in [2.75, 3.05) is 6.26 Å². The molecule has 0 spiro atoms. The molecule has 0 aliphatic heterocycles. The lowest BCUT2D eigenvalue weighted by Gasteiger charge is -2.02. The number of carbonyl (C=O) groups is 1. The molecule has 0 amide bonds.